The Hall–Kier alpha value is -0.320. The molecule has 1 aliphatic carbocycles. The third kappa shape index (κ3) is 3.61. The highest BCUT2D eigenvalue weighted by atomic mass is 35.5. The lowest BCUT2D eigenvalue weighted by Gasteiger charge is -2.55. The quantitative estimate of drug-likeness (QED) is 0.755. The summed E-state index contributed by atoms with van der Waals surface area (Å²) in [5.41, 5.74) is 5.64. The molecule has 3 atom stereocenters. The first-order valence-corrected chi connectivity index (χ1v) is 7.17. The van der Waals surface area contributed by atoms with E-state index in [1.807, 2.05) is 13.8 Å². The highest BCUT2D eigenvalue weighted by Crippen LogP contribution is 2.48. The number of carbonyl (C=O) groups excluding carboxylic acids is 1. The van der Waals surface area contributed by atoms with Crippen LogP contribution < -0.4 is 11.1 Å². The second kappa shape index (κ2) is 8.08. The maximum absolute atomic E-state index is 11.9. The van der Waals surface area contributed by atoms with Gasteiger partial charge in [0.1, 0.15) is 0 Å². The van der Waals surface area contributed by atoms with Crippen molar-refractivity contribution in [3.05, 3.63) is 0 Å². The number of ether oxygens (including phenoxy) is 1. The average molecular weight is 293 g/mol. The summed E-state index contributed by atoms with van der Waals surface area (Å²) in [5.74, 6) is -0.0359. The molecule has 0 heterocycles. The highest BCUT2D eigenvalue weighted by Gasteiger charge is 2.53. The fourth-order valence-corrected chi connectivity index (χ4v) is 3.00. The predicted octanol–water partition coefficient (Wildman–Crippen LogP) is 2.10. The fourth-order valence-electron chi connectivity index (χ4n) is 3.00. The van der Waals surface area contributed by atoms with Crippen LogP contribution in [0.4, 0.5) is 0 Å². The molecule has 3 unspecified atom stereocenters. The van der Waals surface area contributed by atoms with Gasteiger partial charge in [0, 0.05) is 30.5 Å². The molecule has 0 bridgehead atoms. The van der Waals surface area contributed by atoms with E-state index in [9.17, 15) is 4.79 Å². The lowest BCUT2D eigenvalue weighted by Crippen LogP contribution is -2.65. The fraction of sp³-hybridized carbons (Fsp3) is 0.929. The molecule has 0 aromatic rings. The van der Waals surface area contributed by atoms with Crippen molar-refractivity contribution < 1.29 is 9.53 Å². The van der Waals surface area contributed by atoms with Gasteiger partial charge in [-0.25, -0.2) is 0 Å². The minimum absolute atomic E-state index is 0. The van der Waals surface area contributed by atoms with E-state index >= 15 is 0 Å². The molecule has 3 N–H and O–H groups in total. The predicted molar refractivity (Wildman–Crippen MR) is 80.4 cm³/mol. The molecule has 0 aromatic carbocycles. The van der Waals surface area contributed by atoms with Crippen molar-refractivity contribution >= 4 is 18.3 Å². The van der Waals surface area contributed by atoms with E-state index in [-0.39, 0.29) is 41.8 Å². The van der Waals surface area contributed by atoms with Crippen molar-refractivity contribution in [3.8, 4) is 0 Å². The Morgan fingerprint density at radius 3 is 2.42 bits per heavy atom. The summed E-state index contributed by atoms with van der Waals surface area (Å²) in [4.78, 5) is 11.9. The second-order valence-corrected chi connectivity index (χ2v) is 5.32. The molecule has 1 saturated carbocycles. The molecule has 5 heteroatoms. The number of rotatable bonds is 7. The van der Waals surface area contributed by atoms with Crippen LogP contribution in [0, 0.1) is 11.3 Å². The summed E-state index contributed by atoms with van der Waals surface area (Å²) < 4.78 is 5.80. The van der Waals surface area contributed by atoms with E-state index in [1.165, 1.54) is 0 Å². The molecule has 1 fully saturated rings. The van der Waals surface area contributed by atoms with Gasteiger partial charge in [0.25, 0.3) is 0 Å². The van der Waals surface area contributed by atoms with Gasteiger partial charge < -0.3 is 15.8 Å². The van der Waals surface area contributed by atoms with Crippen molar-refractivity contribution in [2.24, 2.45) is 17.1 Å². The maximum atomic E-state index is 11.9. The molecule has 1 amide bonds. The zero-order chi connectivity index (χ0) is 13.8. The third-order valence-electron chi connectivity index (χ3n) is 4.59. The summed E-state index contributed by atoms with van der Waals surface area (Å²) in [6.45, 7) is 9.40. The largest absolute Gasteiger partial charge is 0.378 e. The average Bonchev–Trinajstić information content (AvgIpc) is 2.37. The molecule has 114 valence electrons. The van der Waals surface area contributed by atoms with Gasteiger partial charge in [0.15, 0.2) is 0 Å². The van der Waals surface area contributed by atoms with E-state index in [0.717, 1.165) is 25.9 Å². The Balaban J connectivity index is 0.00000324. The van der Waals surface area contributed by atoms with Crippen LogP contribution in [0.5, 0.6) is 0 Å². The molecule has 0 spiro atoms. The monoisotopic (exact) mass is 292 g/mol. The van der Waals surface area contributed by atoms with Crippen molar-refractivity contribution in [2.45, 2.75) is 59.1 Å². The first-order chi connectivity index (χ1) is 8.55. The van der Waals surface area contributed by atoms with Gasteiger partial charge in [-0.3, -0.25) is 4.79 Å². The lowest BCUT2D eigenvalue weighted by atomic mass is 9.58. The molecule has 0 saturated heterocycles. The first-order valence-electron chi connectivity index (χ1n) is 7.17. The second-order valence-electron chi connectivity index (χ2n) is 5.32. The van der Waals surface area contributed by atoms with Gasteiger partial charge in [-0.2, -0.15) is 0 Å². The SMILES string of the molecule is CCOC1CC(NC(=O)C(C)CN)C1(CC)CC.Cl. The van der Waals surface area contributed by atoms with Gasteiger partial charge in [-0.1, -0.05) is 20.8 Å². The van der Waals surface area contributed by atoms with E-state index in [0.29, 0.717) is 6.54 Å². The molecule has 19 heavy (non-hydrogen) atoms. The maximum Gasteiger partial charge on any atom is 0.224 e. The number of nitrogens with one attached hydrogen (secondary N) is 1. The zero-order valence-electron chi connectivity index (χ0n) is 12.6. The zero-order valence-corrected chi connectivity index (χ0v) is 13.4. The van der Waals surface area contributed by atoms with Crippen molar-refractivity contribution in [1.82, 2.24) is 5.32 Å². The number of amides is 1. The van der Waals surface area contributed by atoms with E-state index in [4.69, 9.17) is 10.5 Å². The van der Waals surface area contributed by atoms with Crippen LogP contribution in [-0.2, 0) is 9.53 Å². The summed E-state index contributed by atoms with van der Waals surface area (Å²) in [6, 6.07) is 0.241. The highest BCUT2D eigenvalue weighted by molar-refractivity contribution is 5.85. The van der Waals surface area contributed by atoms with E-state index in [1.54, 1.807) is 0 Å². The van der Waals surface area contributed by atoms with E-state index in [2.05, 4.69) is 19.2 Å². The Morgan fingerprint density at radius 2 is 2.00 bits per heavy atom. The van der Waals surface area contributed by atoms with Crippen molar-refractivity contribution in [1.29, 1.82) is 0 Å². The Morgan fingerprint density at radius 1 is 1.42 bits per heavy atom. The third-order valence-corrected chi connectivity index (χ3v) is 4.59. The number of halogens is 1. The van der Waals surface area contributed by atoms with Crippen LogP contribution in [0.15, 0.2) is 0 Å². The van der Waals surface area contributed by atoms with E-state index < -0.39 is 0 Å². The number of carbonyl (C=O) groups is 1. The molecule has 1 rings (SSSR count). The Labute approximate surface area is 123 Å². The van der Waals surface area contributed by atoms with Crippen molar-refractivity contribution in [2.75, 3.05) is 13.2 Å². The molecular formula is C14H29ClN2O2. The summed E-state index contributed by atoms with van der Waals surface area (Å²) in [7, 11) is 0. The van der Waals surface area contributed by atoms with Crippen LogP contribution in [0.3, 0.4) is 0 Å². The number of nitrogens with two attached hydrogens (primary N) is 1. The summed E-state index contributed by atoms with van der Waals surface area (Å²) in [6.07, 6.45) is 3.29. The molecular weight excluding hydrogens is 264 g/mol. The molecule has 1 aliphatic rings. The molecule has 4 nitrogen and oxygen atoms in total. The number of hydrogen-bond donors (Lipinski definition) is 2. The van der Waals surface area contributed by atoms with Gasteiger partial charge >= 0.3 is 0 Å². The van der Waals surface area contributed by atoms with Gasteiger partial charge in [-0.05, 0) is 26.2 Å². The summed E-state index contributed by atoms with van der Waals surface area (Å²) in [5, 5.41) is 3.15. The first kappa shape index (κ1) is 18.7. The van der Waals surface area contributed by atoms with Crippen LogP contribution in [0.25, 0.3) is 0 Å². The standard InChI is InChI=1S/C14H28N2O2.ClH/c1-5-14(6-2)11(8-12(14)18-7-3)16-13(17)10(4)9-15;/h10-12H,5-9,15H2,1-4H3,(H,16,17);1H. The van der Waals surface area contributed by atoms with Gasteiger partial charge in [0.2, 0.25) is 5.91 Å². The topological polar surface area (TPSA) is 64.3 Å². The summed E-state index contributed by atoms with van der Waals surface area (Å²) >= 11 is 0. The van der Waals surface area contributed by atoms with Crippen LogP contribution in [0.1, 0.15) is 47.0 Å². The van der Waals surface area contributed by atoms with Crippen LogP contribution in [-0.4, -0.2) is 31.2 Å². The number of hydrogen-bond acceptors (Lipinski definition) is 3. The minimum Gasteiger partial charge on any atom is -0.378 e. The van der Waals surface area contributed by atoms with Gasteiger partial charge in [0.05, 0.1) is 6.10 Å². The van der Waals surface area contributed by atoms with Crippen LogP contribution >= 0.6 is 12.4 Å². The Bertz CT molecular complexity index is 283. The van der Waals surface area contributed by atoms with Crippen molar-refractivity contribution in [3.63, 3.8) is 0 Å². The smallest absolute Gasteiger partial charge is 0.224 e. The lowest BCUT2D eigenvalue weighted by molar-refractivity contribution is -0.150. The molecule has 0 aromatic heterocycles. The van der Waals surface area contributed by atoms with Gasteiger partial charge in [-0.15, -0.1) is 12.4 Å². The Kier molecular flexibility index (Phi) is 7.94. The molecule has 0 aliphatic heterocycles. The van der Waals surface area contributed by atoms with Crippen LogP contribution in [0.2, 0.25) is 0 Å². The normalized spacial score (nSPS) is 25.9. The minimum atomic E-state index is -0.109. The molecule has 0 radical (unpaired) electrons.